The molecule has 0 atom stereocenters. The van der Waals surface area contributed by atoms with Gasteiger partial charge in [-0.25, -0.2) is 4.98 Å². The zero-order chi connectivity index (χ0) is 8.65. The Morgan fingerprint density at radius 2 is 2.33 bits per heavy atom. The van der Waals surface area contributed by atoms with E-state index in [9.17, 15) is 0 Å². The second kappa shape index (κ2) is 6.54. The number of nitrogens with zero attached hydrogens (tertiary/aromatic N) is 1. The van der Waals surface area contributed by atoms with E-state index in [4.69, 9.17) is 4.42 Å². The number of aromatic nitrogens is 1. The molecule has 68 valence electrons. The zero-order valence-corrected chi connectivity index (χ0v) is 9.23. The highest BCUT2D eigenvalue weighted by Crippen LogP contribution is 2.16. The average Bonchev–Trinajstić information content (AvgIpc) is 2.57. The first-order valence-corrected chi connectivity index (χ1v) is 6.12. The standard InChI is InChI=1S/C8H12BrNOS/c9-4-2-1-3-7-12-8-10-5-6-11-8/h5-6H,1-4,7H2. The fraction of sp³-hybridized carbons (Fsp3) is 0.625. The molecule has 1 rings (SSSR count). The number of hydrogen-bond donors (Lipinski definition) is 0. The van der Waals surface area contributed by atoms with Crippen LogP contribution in [0.4, 0.5) is 0 Å². The van der Waals surface area contributed by atoms with Gasteiger partial charge in [-0.1, -0.05) is 34.1 Å². The first-order valence-electron chi connectivity index (χ1n) is 4.02. The summed E-state index contributed by atoms with van der Waals surface area (Å²) in [6.45, 7) is 0. The van der Waals surface area contributed by atoms with Crippen molar-refractivity contribution in [2.75, 3.05) is 11.1 Å². The van der Waals surface area contributed by atoms with Crippen molar-refractivity contribution in [2.45, 2.75) is 24.5 Å². The van der Waals surface area contributed by atoms with Gasteiger partial charge in [0.2, 0.25) is 0 Å². The molecule has 0 N–H and O–H groups in total. The molecular formula is C8H12BrNOS. The summed E-state index contributed by atoms with van der Waals surface area (Å²) in [5.74, 6) is 1.10. The molecule has 12 heavy (non-hydrogen) atoms. The molecule has 0 radical (unpaired) electrons. The Bertz CT molecular complexity index is 191. The minimum atomic E-state index is 0.786. The third kappa shape index (κ3) is 4.16. The van der Waals surface area contributed by atoms with E-state index in [1.807, 2.05) is 0 Å². The van der Waals surface area contributed by atoms with E-state index in [1.54, 1.807) is 24.2 Å². The number of hydrogen-bond acceptors (Lipinski definition) is 3. The zero-order valence-electron chi connectivity index (χ0n) is 6.83. The Morgan fingerprint density at radius 3 is 3.00 bits per heavy atom. The van der Waals surface area contributed by atoms with Crippen LogP contribution in [0, 0.1) is 0 Å². The summed E-state index contributed by atoms with van der Waals surface area (Å²) in [6.07, 6.45) is 7.06. The Labute approximate surface area is 85.3 Å². The molecule has 0 aliphatic rings. The number of unbranched alkanes of at least 4 members (excludes halogenated alkanes) is 2. The lowest BCUT2D eigenvalue weighted by Gasteiger charge is -1.95. The van der Waals surface area contributed by atoms with Crippen LogP contribution in [-0.4, -0.2) is 16.1 Å². The molecule has 4 heteroatoms. The van der Waals surface area contributed by atoms with Crippen molar-refractivity contribution in [1.82, 2.24) is 4.98 Å². The molecule has 0 aliphatic heterocycles. The maximum Gasteiger partial charge on any atom is 0.255 e. The fourth-order valence-corrected chi connectivity index (χ4v) is 1.99. The maximum absolute atomic E-state index is 5.08. The minimum Gasteiger partial charge on any atom is -0.440 e. The quantitative estimate of drug-likeness (QED) is 0.440. The lowest BCUT2D eigenvalue weighted by atomic mass is 10.3. The lowest BCUT2D eigenvalue weighted by Crippen LogP contribution is -1.81. The monoisotopic (exact) mass is 249 g/mol. The molecule has 0 fully saturated rings. The Balaban J connectivity index is 1.96. The van der Waals surface area contributed by atoms with E-state index in [0.717, 1.165) is 16.3 Å². The molecule has 0 aliphatic carbocycles. The van der Waals surface area contributed by atoms with Gasteiger partial charge in [0.15, 0.2) is 0 Å². The van der Waals surface area contributed by atoms with E-state index >= 15 is 0 Å². The summed E-state index contributed by atoms with van der Waals surface area (Å²) in [6, 6.07) is 0. The SMILES string of the molecule is BrCCCCCSc1ncco1. The van der Waals surface area contributed by atoms with Gasteiger partial charge in [0.05, 0.1) is 6.20 Å². The number of thioether (sulfide) groups is 1. The summed E-state index contributed by atoms with van der Waals surface area (Å²) >= 11 is 5.09. The molecule has 1 aromatic heterocycles. The highest BCUT2D eigenvalue weighted by atomic mass is 79.9. The van der Waals surface area contributed by atoms with Gasteiger partial charge in [-0.2, -0.15) is 0 Å². The van der Waals surface area contributed by atoms with E-state index in [-0.39, 0.29) is 0 Å². The molecule has 0 saturated carbocycles. The Kier molecular flexibility index (Phi) is 5.52. The molecule has 0 bridgehead atoms. The summed E-state index contributed by atoms with van der Waals surface area (Å²) in [4.78, 5) is 4.02. The summed E-state index contributed by atoms with van der Waals surface area (Å²) in [5.41, 5.74) is 0. The number of halogens is 1. The lowest BCUT2D eigenvalue weighted by molar-refractivity contribution is 0.454. The highest BCUT2D eigenvalue weighted by Gasteiger charge is 1.96. The van der Waals surface area contributed by atoms with Gasteiger partial charge < -0.3 is 4.42 Å². The largest absolute Gasteiger partial charge is 0.440 e. The summed E-state index contributed by atoms with van der Waals surface area (Å²) < 4.78 is 5.08. The Morgan fingerprint density at radius 1 is 1.42 bits per heavy atom. The fourth-order valence-electron chi connectivity index (χ4n) is 0.814. The minimum absolute atomic E-state index is 0.786. The van der Waals surface area contributed by atoms with Crippen molar-refractivity contribution in [1.29, 1.82) is 0 Å². The maximum atomic E-state index is 5.08. The molecule has 0 amide bonds. The molecule has 1 heterocycles. The van der Waals surface area contributed by atoms with Crippen molar-refractivity contribution >= 4 is 27.7 Å². The van der Waals surface area contributed by atoms with Crippen molar-refractivity contribution in [3.05, 3.63) is 12.5 Å². The van der Waals surface area contributed by atoms with Crippen molar-refractivity contribution in [3.63, 3.8) is 0 Å². The first kappa shape index (κ1) is 10.1. The van der Waals surface area contributed by atoms with Crippen LogP contribution in [0.15, 0.2) is 22.1 Å². The number of oxazole rings is 1. The van der Waals surface area contributed by atoms with Gasteiger partial charge in [0.1, 0.15) is 6.26 Å². The third-order valence-electron chi connectivity index (χ3n) is 1.41. The van der Waals surface area contributed by atoms with Crippen LogP contribution < -0.4 is 0 Å². The van der Waals surface area contributed by atoms with E-state index < -0.39 is 0 Å². The summed E-state index contributed by atoms with van der Waals surface area (Å²) in [5, 5.41) is 1.89. The molecule has 2 nitrogen and oxygen atoms in total. The highest BCUT2D eigenvalue weighted by molar-refractivity contribution is 9.09. The molecular weight excluding hydrogens is 238 g/mol. The molecule has 0 spiro atoms. The van der Waals surface area contributed by atoms with Crippen LogP contribution in [0.2, 0.25) is 0 Å². The second-order valence-corrected chi connectivity index (χ2v) is 4.24. The number of rotatable bonds is 6. The van der Waals surface area contributed by atoms with Gasteiger partial charge >= 0.3 is 0 Å². The normalized spacial score (nSPS) is 10.4. The molecule has 0 unspecified atom stereocenters. The molecule has 0 saturated heterocycles. The van der Waals surface area contributed by atoms with Crippen LogP contribution >= 0.6 is 27.7 Å². The van der Waals surface area contributed by atoms with E-state index in [2.05, 4.69) is 20.9 Å². The van der Waals surface area contributed by atoms with Gasteiger partial charge in [0.25, 0.3) is 5.22 Å². The first-order chi connectivity index (χ1) is 5.93. The van der Waals surface area contributed by atoms with Crippen molar-refractivity contribution in [3.8, 4) is 0 Å². The van der Waals surface area contributed by atoms with Crippen LogP contribution in [0.25, 0.3) is 0 Å². The third-order valence-corrected chi connectivity index (χ3v) is 2.92. The Hall–Kier alpha value is 0.0400. The summed E-state index contributed by atoms with van der Waals surface area (Å²) in [7, 11) is 0. The smallest absolute Gasteiger partial charge is 0.255 e. The van der Waals surface area contributed by atoms with Gasteiger partial charge in [-0.05, 0) is 12.8 Å². The molecule has 0 aromatic carbocycles. The van der Waals surface area contributed by atoms with Crippen LogP contribution in [-0.2, 0) is 0 Å². The van der Waals surface area contributed by atoms with Gasteiger partial charge in [-0.15, -0.1) is 0 Å². The predicted octanol–water partition coefficient (Wildman–Crippen LogP) is 3.33. The predicted molar refractivity (Wildman–Crippen MR) is 54.9 cm³/mol. The van der Waals surface area contributed by atoms with Crippen LogP contribution in [0.3, 0.4) is 0 Å². The number of alkyl halides is 1. The topological polar surface area (TPSA) is 26.0 Å². The van der Waals surface area contributed by atoms with Crippen LogP contribution in [0.1, 0.15) is 19.3 Å². The molecule has 1 aromatic rings. The van der Waals surface area contributed by atoms with Crippen molar-refractivity contribution in [2.24, 2.45) is 0 Å². The van der Waals surface area contributed by atoms with Gasteiger partial charge in [-0.3, -0.25) is 0 Å². The van der Waals surface area contributed by atoms with E-state index in [0.29, 0.717) is 0 Å². The van der Waals surface area contributed by atoms with E-state index in [1.165, 1.54) is 19.3 Å². The second-order valence-electron chi connectivity index (χ2n) is 2.40. The van der Waals surface area contributed by atoms with Crippen molar-refractivity contribution < 1.29 is 4.42 Å². The van der Waals surface area contributed by atoms with Crippen LogP contribution in [0.5, 0.6) is 0 Å². The average molecular weight is 250 g/mol. The van der Waals surface area contributed by atoms with Gasteiger partial charge in [0, 0.05) is 11.1 Å².